The molecule has 0 aliphatic heterocycles. The molecule has 1 fully saturated rings. The Balaban J connectivity index is 2.09. The average Bonchev–Trinajstić information content (AvgIpc) is 2.58. The molecule has 0 spiro atoms. The van der Waals surface area contributed by atoms with E-state index >= 15 is 0 Å². The summed E-state index contributed by atoms with van der Waals surface area (Å²) < 4.78 is 0. The van der Waals surface area contributed by atoms with E-state index in [0.717, 1.165) is 6.42 Å². The van der Waals surface area contributed by atoms with Crippen LogP contribution in [0.5, 0.6) is 0 Å². The van der Waals surface area contributed by atoms with E-state index in [0.29, 0.717) is 37.8 Å². The molecule has 2 rings (SSSR count). The minimum Gasteiger partial charge on any atom is -0.511 e. The van der Waals surface area contributed by atoms with Gasteiger partial charge < -0.3 is 20.2 Å². The van der Waals surface area contributed by atoms with E-state index in [1.54, 1.807) is 6.08 Å². The van der Waals surface area contributed by atoms with Gasteiger partial charge in [-0.1, -0.05) is 23.7 Å². The highest BCUT2D eigenvalue weighted by Gasteiger charge is 2.38. The van der Waals surface area contributed by atoms with Crippen molar-refractivity contribution in [3.05, 3.63) is 22.9 Å². The zero-order valence-corrected chi connectivity index (χ0v) is 15.2. The molecule has 0 bridgehead atoms. The summed E-state index contributed by atoms with van der Waals surface area (Å²) in [5.41, 5.74) is 2.01. The Kier molecular flexibility index (Phi) is 7.47. The van der Waals surface area contributed by atoms with Crippen molar-refractivity contribution in [3.8, 4) is 0 Å². The van der Waals surface area contributed by atoms with Gasteiger partial charge in [0.25, 0.3) is 0 Å². The lowest BCUT2D eigenvalue weighted by Gasteiger charge is -2.36. The molecule has 0 aromatic heterocycles. The normalized spacial score (nSPS) is 31.7. The number of halogens is 1. The standard InChI is InChI=1S/C18H26ClNO5/c1-2-13(20-25-7-3-6-19)18-16(23)9-12(10-17(18)24)11-4-5-14(21)15(22)8-11/h3,6,11-12,14-15,21-23H,2,4-5,7-10H2,1H3/b6-3+,20-13?. The Morgan fingerprint density at radius 1 is 1.28 bits per heavy atom. The number of carbonyl (C=O) groups excluding carboxylic acids is 1. The van der Waals surface area contributed by atoms with Gasteiger partial charge >= 0.3 is 0 Å². The van der Waals surface area contributed by atoms with Gasteiger partial charge in [0.15, 0.2) is 5.78 Å². The highest BCUT2D eigenvalue weighted by molar-refractivity contribution is 6.25. The van der Waals surface area contributed by atoms with Crippen LogP contribution in [0.3, 0.4) is 0 Å². The Labute approximate surface area is 152 Å². The van der Waals surface area contributed by atoms with Crippen LogP contribution in [0.2, 0.25) is 0 Å². The average molecular weight is 372 g/mol. The molecule has 2 aliphatic rings. The highest BCUT2D eigenvalue weighted by atomic mass is 35.5. The molecule has 0 radical (unpaired) electrons. The first-order chi connectivity index (χ1) is 12.0. The zero-order valence-electron chi connectivity index (χ0n) is 14.4. The first-order valence-electron chi connectivity index (χ1n) is 8.73. The largest absolute Gasteiger partial charge is 0.511 e. The first kappa shape index (κ1) is 19.9. The monoisotopic (exact) mass is 371 g/mol. The van der Waals surface area contributed by atoms with Crippen molar-refractivity contribution in [2.45, 2.75) is 57.7 Å². The van der Waals surface area contributed by atoms with E-state index in [1.165, 1.54) is 5.54 Å². The van der Waals surface area contributed by atoms with Crippen LogP contribution in [0, 0.1) is 11.8 Å². The summed E-state index contributed by atoms with van der Waals surface area (Å²) in [5, 5.41) is 33.9. The Bertz CT molecular complexity index is 572. The summed E-state index contributed by atoms with van der Waals surface area (Å²) >= 11 is 5.41. The third-order valence-electron chi connectivity index (χ3n) is 5.02. The maximum absolute atomic E-state index is 12.6. The van der Waals surface area contributed by atoms with Crippen molar-refractivity contribution in [2.75, 3.05) is 6.61 Å². The number of allylic oxidation sites excluding steroid dienone is 2. The molecular weight excluding hydrogens is 346 g/mol. The fraction of sp³-hybridized carbons (Fsp3) is 0.667. The zero-order chi connectivity index (χ0) is 18.4. The minimum absolute atomic E-state index is 0.0170. The van der Waals surface area contributed by atoms with Gasteiger partial charge in [-0.2, -0.15) is 0 Å². The third-order valence-corrected chi connectivity index (χ3v) is 5.20. The van der Waals surface area contributed by atoms with Crippen molar-refractivity contribution < 1.29 is 25.0 Å². The number of carbonyl (C=O) groups is 1. The topological polar surface area (TPSA) is 99.3 Å². The number of aliphatic hydroxyl groups is 3. The van der Waals surface area contributed by atoms with Crippen molar-refractivity contribution >= 4 is 23.1 Å². The van der Waals surface area contributed by atoms with Gasteiger partial charge in [-0.15, -0.1) is 0 Å². The summed E-state index contributed by atoms with van der Waals surface area (Å²) in [5.74, 6) is 0.000161. The van der Waals surface area contributed by atoms with Crippen molar-refractivity contribution in [1.29, 1.82) is 0 Å². The second kappa shape index (κ2) is 9.36. The number of aliphatic hydroxyl groups excluding tert-OH is 3. The lowest BCUT2D eigenvalue weighted by molar-refractivity contribution is -0.118. The van der Waals surface area contributed by atoms with Crippen LogP contribution in [0.25, 0.3) is 0 Å². The second-order valence-electron chi connectivity index (χ2n) is 6.67. The molecule has 4 atom stereocenters. The number of oxime groups is 1. The third kappa shape index (κ3) is 5.06. The van der Waals surface area contributed by atoms with Crippen LogP contribution in [0.15, 0.2) is 28.1 Å². The molecule has 0 amide bonds. The molecular formula is C18H26ClNO5. The Hall–Kier alpha value is -1.37. The highest BCUT2D eigenvalue weighted by Crippen LogP contribution is 2.39. The molecule has 0 aromatic carbocycles. The maximum Gasteiger partial charge on any atom is 0.168 e. The van der Waals surface area contributed by atoms with Crippen LogP contribution >= 0.6 is 11.6 Å². The predicted octanol–water partition coefficient (Wildman–Crippen LogP) is 2.83. The van der Waals surface area contributed by atoms with Gasteiger partial charge in [-0.25, -0.2) is 0 Å². The molecule has 6 nitrogen and oxygen atoms in total. The van der Waals surface area contributed by atoms with Crippen LogP contribution in [-0.4, -0.2) is 45.6 Å². The first-order valence-corrected chi connectivity index (χ1v) is 9.17. The van der Waals surface area contributed by atoms with Crippen LogP contribution in [0.4, 0.5) is 0 Å². The van der Waals surface area contributed by atoms with Gasteiger partial charge in [0.05, 0.1) is 23.5 Å². The van der Waals surface area contributed by atoms with Crippen molar-refractivity contribution in [1.82, 2.24) is 0 Å². The minimum atomic E-state index is -0.752. The molecule has 140 valence electrons. The summed E-state index contributed by atoms with van der Waals surface area (Å²) in [7, 11) is 0. The number of Topliss-reactive ketones (excluding diaryl/α,β-unsaturated/α-hetero) is 1. The van der Waals surface area contributed by atoms with E-state index in [2.05, 4.69) is 5.16 Å². The van der Waals surface area contributed by atoms with Crippen LogP contribution < -0.4 is 0 Å². The number of hydrogen-bond donors (Lipinski definition) is 3. The lowest BCUT2D eigenvalue weighted by atomic mass is 9.71. The van der Waals surface area contributed by atoms with Crippen molar-refractivity contribution in [3.63, 3.8) is 0 Å². The fourth-order valence-corrected chi connectivity index (χ4v) is 3.73. The van der Waals surface area contributed by atoms with Crippen LogP contribution in [0.1, 0.15) is 45.4 Å². The maximum atomic E-state index is 12.6. The van der Waals surface area contributed by atoms with E-state index < -0.39 is 12.2 Å². The number of nitrogens with zero attached hydrogens (tertiary/aromatic N) is 1. The summed E-state index contributed by atoms with van der Waals surface area (Å²) in [6, 6.07) is 0. The molecule has 0 saturated heterocycles. The summed E-state index contributed by atoms with van der Waals surface area (Å²) in [6.45, 7) is 2.04. The summed E-state index contributed by atoms with van der Waals surface area (Å²) in [6.07, 6.45) is 3.04. The van der Waals surface area contributed by atoms with Gasteiger partial charge in [-0.05, 0) is 43.6 Å². The van der Waals surface area contributed by atoms with Crippen LogP contribution in [-0.2, 0) is 9.63 Å². The Morgan fingerprint density at radius 2 is 2.04 bits per heavy atom. The molecule has 25 heavy (non-hydrogen) atoms. The lowest BCUT2D eigenvalue weighted by Crippen LogP contribution is -2.38. The van der Waals surface area contributed by atoms with Gasteiger partial charge in [0.2, 0.25) is 0 Å². The van der Waals surface area contributed by atoms with Gasteiger partial charge in [0.1, 0.15) is 12.4 Å². The van der Waals surface area contributed by atoms with E-state index in [9.17, 15) is 20.1 Å². The SMILES string of the molecule is CCC(=NOC/C=C/Cl)C1=C(O)CC(C2CCC(O)C(O)C2)CC1=O. The smallest absolute Gasteiger partial charge is 0.168 e. The number of ketones is 1. The molecule has 7 heteroatoms. The van der Waals surface area contributed by atoms with Gasteiger partial charge in [0, 0.05) is 18.4 Å². The van der Waals surface area contributed by atoms with Gasteiger partial charge in [-0.3, -0.25) is 4.79 Å². The summed E-state index contributed by atoms with van der Waals surface area (Å²) in [4.78, 5) is 17.7. The molecule has 0 aromatic rings. The molecule has 4 unspecified atom stereocenters. The predicted molar refractivity (Wildman–Crippen MR) is 95.4 cm³/mol. The fourth-order valence-electron chi connectivity index (χ4n) is 3.66. The van der Waals surface area contributed by atoms with E-state index in [-0.39, 0.29) is 35.6 Å². The molecule has 0 heterocycles. The Morgan fingerprint density at radius 3 is 2.64 bits per heavy atom. The number of hydrogen-bond acceptors (Lipinski definition) is 6. The van der Waals surface area contributed by atoms with E-state index in [1.807, 2.05) is 6.92 Å². The van der Waals surface area contributed by atoms with Crippen molar-refractivity contribution in [2.24, 2.45) is 17.0 Å². The molecule has 3 N–H and O–H groups in total. The second-order valence-corrected chi connectivity index (χ2v) is 6.92. The molecule has 2 aliphatic carbocycles. The number of rotatable bonds is 6. The molecule has 1 saturated carbocycles. The van der Waals surface area contributed by atoms with E-state index in [4.69, 9.17) is 16.4 Å². The quantitative estimate of drug-likeness (QED) is 0.379.